The molecule has 1 aromatic rings. The predicted octanol–water partition coefficient (Wildman–Crippen LogP) is 5.91. The minimum absolute atomic E-state index is 0.0182. The number of carbonyl (C=O) groups is 5. The quantitative estimate of drug-likeness (QED) is 0.0407. The first-order chi connectivity index (χ1) is 30.0. The van der Waals surface area contributed by atoms with E-state index in [0.717, 1.165) is 44.1 Å². The maximum absolute atomic E-state index is 13.9. The molecule has 1 aliphatic rings. The minimum Gasteiger partial charge on any atom is -0.445 e. The lowest BCUT2D eigenvalue weighted by Gasteiger charge is -2.47. The number of nitrogens with one attached hydrogen (secondary N) is 4. The third-order valence-electron chi connectivity index (χ3n) is 11.4. The lowest BCUT2D eigenvalue weighted by molar-refractivity contribution is -0.231. The van der Waals surface area contributed by atoms with Crippen molar-refractivity contribution in [2.24, 2.45) is 0 Å². The monoisotopic (exact) mass is 876 g/mol. The molecule has 1 fully saturated rings. The van der Waals surface area contributed by atoms with Gasteiger partial charge in [-0.25, -0.2) is 4.79 Å². The van der Waals surface area contributed by atoms with E-state index in [4.69, 9.17) is 9.47 Å². The Bertz CT molecular complexity index is 1390. The van der Waals surface area contributed by atoms with E-state index in [2.05, 4.69) is 35.1 Å². The fourth-order valence-corrected chi connectivity index (χ4v) is 7.57. The summed E-state index contributed by atoms with van der Waals surface area (Å²) in [7, 11) is 0. The topological polar surface area (TPSA) is 216 Å². The van der Waals surface area contributed by atoms with E-state index in [1.807, 2.05) is 6.07 Å². The van der Waals surface area contributed by atoms with E-state index >= 15 is 0 Å². The van der Waals surface area contributed by atoms with E-state index < -0.39 is 80.1 Å². The van der Waals surface area contributed by atoms with Crippen LogP contribution >= 0.6 is 0 Å². The normalized spacial score (nSPS) is 19.0. The second-order valence-electron chi connectivity index (χ2n) is 16.8. The average molecular weight is 876 g/mol. The zero-order valence-corrected chi connectivity index (χ0v) is 38.1. The van der Waals surface area contributed by atoms with Crippen molar-refractivity contribution >= 4 is 29.7 Å². The molecule has 0 aliphatic carbocycles. The molecule has 0 spiro atoms. The zero-order valence-electron chi connectivity index (χ0n) is 38.1. The van der Waals surface area contributed by atoms with E-state index in [9.17, 15) is 39.3 Å². The number of hydrogen-bond donors (Lipinski definition) is 7. The molecule has 0 aromatic heterocycles. The molecule has 1 aromatic carbocycles. The van der Waals surface area contributed by atoms with Crippen LogP contribution in [0.1, 0.15) is 168 Å². The first-order valence-electron chi connectivity index (χ1n) is 23.7. The lowest BCUT2D eigenvalue weighted by atomic mass is 9.94. The van der Waals surface area contributed by atoms with Crippen molar-refractivity contribution in [3.63, 3.8) is 0 Å². The van der Waals surface area contributed by atoms with Crippen molar-refractivity contribution in [1.82, 2.24) is 26.2 Å². The largest absolute Gasteiger partial charge is 0.445 e. The molecule has 7 N–H and O–H groups in total. The van der Waals surface area contributed by atoms with Gasteiger partial charge in [-0.15, -0.1) is 0 Å². The number of rotatable bonds is 34. The molecule has 0 radical (unpaired) electrons. The van der Waals surface area contributed by atoms with Crippen LogP contribution in [-0.4, -0.2) is 113 Å². The summed E-state index contributed by atoms with van der Waals surface area (Å²) in [4.78, 5) is 66.0. The molecule has 354 valence electrons. The number of nitrogens with zero attached hydrogens (tertiary/aromatic N) is 1. The van der Waals surface area contributed by atoms with Crippen LogP contribution in [0.5, 0.6) is 0 Å². The molecule has 62 heavy (non-hydrogen) atoms. The van der Waals surface area contributed by atoms with Gasteiger partial charge in [0.05, 0.1) is 19.7 Å². The molecule has 0 bridgehead atoms. The number of amides is 5. The molecular formula is C47H81N5O10. The van der Waals surface area contributed by atoms with Gasteiger partial charge in [0, 0.05) is 13.0 Å². The number of benzene rings is 1. The highest BCUT2D eigenvalue weighted by Gasteiger charge is 2.48. The van der Waals surface area contributed by atoms with Crippen LogP contribution in [0.3, 0.4) is 0 Å². The Morgan fingerprint density at radius 1 is 0.694 bits per heavy atom. The molecule has 0 saturated carbocycles. The Balaban J connectivity index is 1.96. The Labute approximate surface area is 371 Å². The van der Waals surface area contributed by atoms with Crippen LogP contribution < -0.4 is 21.3 Å². The van der Waals surface area contributed by atoms with Crippen molar-refractivity contribution in [3.05, 3.63) is 35.9 Å². The van der Waals surface area contributed by atoms with Crippen molar-refractivity contribution in [3.8, 4) is 0 Å². The summed E-state index contributed by atoms with van der Waals surface area (Å²) in [6.07, 6.45) is 17.5. The number of hydrogen-bond acceptors (Lipinski definition) is 10. The second kappa shape index (κ2) is 33.7. The van der Waals surface area contributed by atoms with Crippen molar-refractivity contribution < 1.29 is 48.8 Å². The third kappa shape index (κ3) is 23.1. The van der Waals surface area contributed by atoms with Crippen LogP contribution in [-0.2, 0) is 35.3 Å². The predicted molar refractivity (Wildman–Crippen MR) is 240 cm³/mol. The van der Waals surface area contributed by atoms with Crippen LogP contribution in [0, 0.1) is 0 Å². The van der Waals surface area contributed by atoms with Gasteiger partial charge in [-0.05, 0) is 25.3 Å². The van der Waals surface area contributed by atoms with Crippen LogP contribution in [0.2, 0.25) is 0 Å². The number of unbranched alkanes of at least 4 members (excludes halogenated alkanes) is 19. The van der Waals surface area contributed by atoms with Gasteiger partial charge < -0.3 is 51.0 Å². The van der Waals surface area contributed by atoms with Crippen LogP contribution in [0.4, 0.5) is 4.79 Å². The Morgan fingerprint density at radius 2 is 1.21 bits per heavy atom. The molecule has 1 aliphatic heterocycles. The van der Waals surface area contributed by atoms with Gasteiger partial charge in [0.15, 0.2) is 6.23 Å². The smallest absolute Gasteiger partial charge is 0.408 e. The fraction of sp³-hybridized carbons (Fsp3) is 0.766. The van der Waals surface area contributed by atoms with Crippen molar-refractivity contribution in [1.29, 1.82) is 0 Å². The summed E-state index contributed by atoms with van der Waals surface area (Å²) in [5, 5.41) is 42.0. The van der Waals surface area contributed by atoms with E-state index in [0.29, 0.717) is 19.4 Å². The van der Waals surface area contributed by atoms with E-state index in [1.54, 1.807) is 24.3 Å². The zero-order chi connectivity index (χ0) is 45.4. The van der Waals surface area contributed by atoms with Gasteiger partial charge in [0.1, 0.15) is 37.0 Å². The van der Waals surface area contributed by atoms with Gasteiger partial charge in [-0.2, -0.15) is 0 Å². The van der Waals surface area contributed by atoms with Gasteiger partial charge in [0.25, 0.3) is 0 Å². The molecule has 15 nitrogen and oxygen atoms in total. The first-order valence-corrected chi connectivity index (χ1v) is 23.7. The Kier molecular flexibility index (Phi) is 29.6. The highest BCUT2D eigenvalue weighted by atomic mass is 16.6. The highest BCUT2D eigenvalue weighted by Crippen LogP contribution is 2.26. The standard InChI is InChI=1S/C47H81N5O10/c1-4-6-8-10-12-14-15-16-18-20-22-27-31-52(41(56)30-26-21-19-17-13-11-9-7-5-2)46-42(44(58)43(57)38(34-53)62-46)51-40(55)33-48-39(54)32-49-45(59)36(3)50-47(60)61-35-37-28-24-23-25-29-37/h23-25,28-29,36,38,42-44,46,53,57-58H,4-22,26-27,30-35H2,1-3H3,(H,48,54)(H,49,59)(H,50,60)(H,51,55)/t36-,38+,42+,43+,44+,46+/m0/s1. The SMILES string of the molecule is CCCCCCCCCCCCCCN(C(=O)CCCCCCCCCCC)[C@@H]1O[C@H](CO)[C@@H](O)[C@H](O)[C@H]1NC(=O)CNC(=O)CNC(=O)[C@H](C)NC(=O)OCc1ccccc1. The van der Waals surface area contributed by atoms with Gasteiger partial charge in [-0.3, -0.25) is 19.2 Å². The summed E-state index contributed by atoms with van der Waals surface area (Å²) in [5.74, 6) is -2.28. The molecule has 1 saturated heterocycles. The van der Waals surface area contributed by atoms with Gasteiger partial charge in [-0.1, -0.05) is 166 Å². The fourth-order valence-electron chi connectivity index (χ4n) is 7.57. The first kappa shape index (κ1) is 54.3. The summed E-state index contributed by atoms with van der Waals surface area (Å²) in [6.45, 7) is 4.52. The minimum atomic E-state index is -1.59. The molecule has 0 unspecified atom stereocenters. The molecular weight excluding hydrogens is 795 g/mol. The number of ether oxygens (including phenoxy) is 2. The maximum Gasteiger partial charge on any atom is 0.408 e. The third-order valence-corrected chi connectivity index (χ3v) is 11.4. The molecule has 1 heterocycles. The number of carbonyl (C=O) groups excluding carboxylic acids is 5. The van der Waals surface area contributed by atoms with Gasteiger partial charge >= 0.3 is 6.09 Å². The number of aliphatic hydroxyl groups excluding tert-OH is 3. The Morgan fingerprint density at radius 3 is 1.76 bits per heavy atom. The molecule has 6 atom stereocenters. The lowest BCUT2D eigenvalue weighted by Crippen LogP contribution is -2.69. The van der Waals surface area contributed by atoms with Crippen molar-refractivity contribution in [2.75, 3.05) is 26.2 Å². The molecule has 5 amide bonds. The van der Waals surface area contributed by atoms with E-state index in [1.165, 1.54) is 95.3 Å². The van der Waals surface area contributed by atoms with Crippen LogP contribution in [0.25, 0.3) is 0 Å². The highest BCUT2D eigenvalue weighted by molar-refractivity contribution is 5.90. The number of alkyl carbamates (subject to hydrolysis) is 1. The van der Waals surface area contributed by atoms with Gasteiger partial charge in [0.2, 0.25) is 23.6 Å². The summed E-state index contributed by atoms with van der Waals surface area (Å²) in [6, 6.07) is 6.74. The maximum atomic E-state index is 13.9. The summed E-state index contributed by atoms with van der Waals surface area (Å²) >= 11 is 0. The van der Waals surface area contributed by atoms with Crippen LogP contribution in [0.15, 0.2) is 30.3 Å². The average Bonchev–Trinajstić information content (AvgIpc) is 3.27. The number of aliphatic hydroxyl groups is 3. The Hall–Kier alpha value is -3.79. The summed E-state index contributed by atoms with van der Waals surface area (Å²) < 4.78 is 11.2. The van der Waals surface area contributed by atoms with E-state index in [-0.39, 0.29) is 18.9 Å². The molecule has 2 rings (SSSR count). The van der Waals surface area contributed by atoms with Crippen molar-refractivity contribution in [2.45, 2.75) is 205 Å². The second-order valence-corrected chi connectivity index (χ2v) is 16.8. The summed E-state index contributed by atoms with van der Waals surface area (Å²) in [5.41, 5.74) is 0.775. The molecule has 15 heteroatoms.